The van der Waals surface area contributed by atoms with Crippen LogP contribution in [0.2, 0.25) is 0 Å². The molecule has 1 heterocycles. The molecule has 0 bridgehead atoms. The average Bonchev–Trinajstić information content (AvgIpc) is 2.92. The van der Waals surface area contributed by atoms with E-state index in [9.17, 15) is 9.59 Å². The SMILES string of the molecule is COC(=O)c1c(-c2cc(C)ccc2C)csc1NC(=O)CN. The smallest absolute Gasteiger partial charge is 0.341 e. The van der Waals surface area contributed by atoms with Crippen LogP contribution >= 0.6 is 11.3 Å². The van der Waals surface area contributed by atoms with Crippen molar-refractivity contribution < 1.29 is 14.3 Å². The number of aryl methyl sites for hydroxylation is 2. The highest BCUT2D eigenvalue weighted by Gasteiger charge is 2.22. The zero-order chi connectivity index (χ0) is 16.3. The molecule has 3 N–H and O–H groups in total. The Morgan fingerprint density at radius 1 is 1.27 bits per heavy atom. The van der Waals surface area contributed by atoms with E-state index in [1.165, 1.54) is 18.4 Å². The van der Waals surface area contributed by atoms with Gasteiger partial charge in [-0.15, -0.1) is 11.3 Å². The van der Waals surface area contributed by atoms with Gasteiger partial charge in [-0.25, -0.2) is 4.79 Å². The van der Waals surface area contributed by atoms with Crippen molar-refractivity contribution in [1.82, 2.24) is 0 Å². The molecule has 1 aromatic carbocycles. The molecular formula is C16H18N2O3S. The number of nitrogens with two attached hydrogens (primary N) is 1. The number of amides is 1. The molecule has 0 atom stereocenters. The van der Waals surface area contributed by atoms with Crippen molar-refractivity contribution in [2.75, 3.05) is 19.0 Å². The molecule has 0 unspecified atom stereocenters. The molecular weight excluding hydrogens is 300 g/mol. The second kappa shape index (κ2) is 6.72. The molecule has 0 aliphatic carbocycles. The maximum atomic E-state index is 12.2. The Kier molecular flexibility index (Phi) is 4.95. The molecule has 0 radical (unpaired) electrons. The molecule has 2 aromatic rings. The fourth-order valence-electron chi connectivity index (χ4n) is 2.16. The van der Waals surface area contributed by atoms with Crippen molar-refractivity contribution in [3.63, 3.8) is 0 Å². The number of rotatable bonds is 4. The molecule has 1 aromatic heterocycles. The molecule has 5 nitrogen and oxygen atoms in total. The van der Waals surface area contributed by atoms with Gasteiger partial charge in [-0.05, 0) is 25.0 Å². The number of carbonyl (C=O) groups is 2. The lowest BCUT2D eigenvalue weighted by Crippen LogP contribution is -2.22. The van der Waals surface area contributed by atoms with E-state index in [2.05, 4.69) is 5.32 Å². The Hall–Kier alpha value is -2.18. The van der Waals surface area contributed by atoms with Crippen LogP contribution in [0.25, 0.3) is 11.1 Å². The number of nitrogens with one attached hydrogen (secondary N) is 1. The van der Waals surface area contributed by atoms with Gasteiger partial charge in [0, 0.05) is 10.9 Å². The van der Waals surface area contributed by atoms with Crippen molar-refractivity contribution in [2.45, 2.75) is 13.8 Å². The highest BCUT2D eigenvalue weighted by atomic mass is 32.1. The van der Waals surface area contributed by atoms with Gasteiger partial charge in [-0.2, -0.15) is 0 Å². The monoisotopic (exact) mass is 318 g/mol. The molecule has 0 aliphatic heterocycles. The topological polar surface area (TPSA) is 81.4 Å². The molecule has 0 aliphatic rings. The van der Waals surface area contributed by atoms with E-state index in [-0.39, 0.29) is 12.5 Å². The van der Waals surface area contributed by atoms with E-state index in [1.54, 1.807) is 0 Å². The third-order valence-corrected chi connectivity index (χ3v) is 4.20. The number of ether oxygens (including phenoxy) is 1. The van der Waals surface area contributed by atoms with Crippen LogP contribution in [0.15, 0.2) is 23.6 Å². The first-order valence-electron chi connectivity index (χ1n) is 6.75. The minimum Gasteiger partial charge on any atom is -0.465 e. The van der Waals surface area contributed by atoms with Crippen LogP contribution in [0.4, 0.5) is 5.00 Å². The summed E-state index contributed by atoms with van der Waals surface area (Å²) in [5, 5.41) is 4.96. The summed E-state index contributed by atoms with van der Waals surface area (Å²) in [6.45, 7) is 3.83. The fraction of sp³-hybridized carbons (Fsp3) is 0.250. The lowest BCUT2D eigenvalue weighted by Gasteiger charge is -2.10. The summed E-state index contributed by atoms with van der Waals surface area (Å²) in [5.74, 6) is -0.830. The number of carbonyl (C=O) groups excluding carboxylic acids is 2. The second-order valence-corrected chi connectivity index (χ2v) is 5.80. The summed E-state index contributed by atoms with van der Waals surface area (Å²) in [4.78, 5) is 23.7. The van der Waals surface area contributed by atoms with Gasteiger partial charge in [0.1, 0.15) is 10.6 Å². The molecule has 0 spiro atoms. The second-order valence-electron chi connectivity index (χ2n) is 4.92. The van der Waals surface area contributed by atoms with Crippen molar-refractivity contribution in [2.24, 2.45) is 5.73 Å². The molecule has 22 heavy (non-hydrogen) atoms. The van der Waals surface area contributed by atoms with Crippen LogP contribution in [0.5, 0.6) is 0 Å². The summed E-state index contributed by atoms with van der Waals surface area (Å²) in [7, 11) is 1.32. The third-order valence-electron chi connectivity index (χ3n) is 3.30. The Morgan fingerprint density at radius 2 is 2.00 bits per heavy atom. The van der Waals surface area contributed by atoms with Crippen LogP contribution in [0.3, 0.4) is 0 Å². The molecule has 0 saturated carbocycles. The van der Waals surface area contributed by atoms with Crippen LogP contribution < -0.4 is 11.1 Å². The molecule has 0 saturated heterocycles. The molecule has 116 valence electrons. The quantitative estimate of drug-likeness (QED) is 0.849. The molecule has 1 amide bonds. The van der Waals surface area contributed by atoms with Crippen molar-refractivity contribution in [1.29, 1.82) is 0 Å². The largest absolute Gasteiger partial charge is 0.465 e. The third kappa shape index (κ3) is 3.18. The highest BCUT2D eigenvalue weighted by molar-refractivity contribution is 7.15. The number of benzene rings is 1. The van der Waals surface area contributed by atoms with Gasteiger partial charge in [0.05, 0.1) is 13.7 Å². The standard InChI is InChI=1S/C16H18N2O3S/c1-9-4-5-10(2)11(6-9)12-8-22-15(18-13(19)7-17)14(12)16(20)21-3/h4-6,8H,7,17H2,1-3H3,(H,18,19). The predicted octanol–water partition coefficient (Wildman–Crippen LogP) is 2.72. The number of hydrogen-bond acceptors (Lipinski definition) is 5. The van der Waals surface area contributed by atoms with Crippen molar-refractivity contribution in [3.05, 3.63) is 40.3 Å². The van der Waals surface area contributed by atoms with Crippen LogP contribution in [-0.2, 0) is 9.53 Å². The van der Waals surface area contributed by atoms with E-state index in [1.807, 2.05) is 37.4 Å². The first-order chi connectivity index (χ1) is 10.5. The number of hydrogen-bond donors (Lipinski definition) is 2. The van der Waals surface area contributed by atoms with E-state index >= 15 is 0 Å². The predicted molar refractivity (Wildman–Crippen MR) is 88.3 cm³/mol. The maximum absolute atomic E-state index is 12.2. The summed E-state index contributed by atoms with van der Waals surface area (Å²) in [6.07, 6.45) is 0. The van der Waals surface area contributed by atoms with Gasteiger partial charge < -0.3 is 15.8 Å². The van der Waals surface area contributed by atoms with Crippen molar-refractivity contribution >= 4 is 28.2 Å². The van der Waals surface area contributed by atoms with Gasteiger partial charge in [0.25, 0.3) is 0 Å². The maximum Gasteiger partial charge on any atom is 0.341 e. The summed E-state index contributed by atoms with van der Waals surface area (Å²) in [6, 6.07) is 6.03. The Morgan fingerprint density at radius 3 is 2.64 bits per heavy atom. The minimum atomic E-state index is -0.482. The normalized spacial score (nSPS) is 10.4. The zero-order valence-corrected chi connectivity index (χ0v) is 13.5. The van der Waals surface area contributed by atoms with Gasteiger partial charge in [0.15, 0.2) is 0 Å². The molecule has 6 heteroatoms. The summed E-state index contributed by atoms with van der Waals surface area (Å²) in [5.41, 5.74) is 9.52. The van der Waals surface area contributed by atoms with Crippen LogP contribution in [0, 0.1) is 13.8 Å². The Labute approximate surface area is 133 Å². The minimum absolute atomic E-state index is 0.142. The van der Waals surface area contributed by atoms with E-state index in [4.69, 9.17) is 10.5 Å². The number of anilines is 1. The van der Waals surface area contributed by atoms with Crippen LogP contribution in [-0.4, -0.2) is 25.5 Å². The van der Waals surface area contributed by atoms with Crippen LogP contribution in [0.1, 0.15) is 21.5 Å². The summed E-state index contributed by atoms with van der Waals surface area (Å²) >= 11 is 1.28. The van der Waals surface area contributed by atoms with E-state index in [0.717, 1.165) is 22.3 Å². The first kappa shape index (κ1) is 16.2. The van der Waals surface area contributed by atoms with Crippen molar-refractivity contribution in [3.8, 4) is 11.1 Å². The van der Waals surface area contributed by atoms with Gasteiger partial charge in [-0.1, -0.05) is 23.8 Å². The van der Waals surface area contributed by atoms with Gasteiger partial charge in [-0.3, -0.25) is 4.79 Å². The zero-order valence-electron chi connectivity index (χ0n) is 12.7. The van der Waals surface area contributed by atoms with Gasteiger partial charge >= 0.3 is 5.97 Å². The van der Waals surface area contributed by atoms with Gasteiger partial charge in [0.2, 0.25) is 5.91 Å². The first-order valence-corrected chi connectivity index (χ1v) is 7.63. The lowest BCUT2D eigenvalue weighted by atomic mass is 9.97. The molecule has 0 fully saturated rings. The summed E-state index contributed by atoms with van der Waals surface area (Å²) < 4.78 is 4.87. The van der Waals surface area contributed by atoms with E-state index in [0.29, 0.717) is 10.6 Å². The average molecular weight is 318 g/mol. The van der Waals surface area contributed by atoms with E-state index < -0.39 is 5.97 Å². The Bertz CT molecular complexity index is 722. The number of methoxy groups -OCH3 is 1. The molecule has 2 rings (SSSR count). The highest BCUT2D eigenvalue weighted by Crippen LogP contribution is 2.37. The lowest BCUT2D eigenvalue weighted by molar-refractivity contribution is -0.114. The Balaban J connectivity index is 2.58. The fourth-order valence-corrected chi connectivity index (χ4v) is 3.12. The number of thiophene rings is 1. The number of esters is 1.